The third kappa shape index (κ3) is 22.8. The first-order chi connectivity index (χ1) is 5.54. The van der Waals surface area contributed by atoms with Crippen LogP contribution >= 0.6 is 0 Å². The molecule has 1 unspecified atom stereocenters. The van der Waals surface area contributed by atoms with Crippen molar-refractivity contribution < 1.29 is 19.7 Å². The average Bonchev–Trinajstić information content (AvgIpc) is 1.87. The van der Waals surface area contributed by atoms with Crippen LogP contribution in [0.25, 0.3) is 0 Å². The number of carboxylic acid groups (broad SMARTS) is 1. The van der Waals surface area contributed by atoms with Gasteiger partial charge in [0.1, 0.15) is 0 Å². The molecule has 1 atom stereocenters. The molecule has 0 heterocycles. The SMILES string of the molecule is CCCC(=O)O.COCC(C)O. The van der Waals surface area contributed by atoms with Crippen molar-refractivity contribution in [3.63, 3.8) is 0 Å². The molecule has 0 saturated carbocycles. The number of carboxylic acids is 1. The van der Waals surface area contributed by atoms with E-state index in [2.05, 4.69) is 4.74 Å². The molecule has 0 bridgehead atoms. The molecule has 4 nitrogen and oxygen atoms in total. The van der Waals surface area contributed by atoms with Gasteiger partial charge in [-0.05, 0) is 13.3 Å². The third-order valence-electron chi connectivity index (χ3n) is 0.872. The van der Waals surface area contributed by atoms with Crippen molar-refractivity contribution in [1.29, 1.82) is 0 Å². The zero-order valence-corrected chi connectivity index (χ0v) is 7.91. The highest BCUT2D eigenvalue weighted by atomic mass is 16.5. The Labute approximate surface area is 73.2 Å². The highest BCUT2D eigenvalue weighted by molar-refractivity contribution is 5.66. The van der Waals surface area contributed by atoms with Gasteiger partial charge in [0, 0.05) is 13.5 Å². The number of rotatable bonds is 4. The van der Waals surface area contributed by atoms with Crippen LogP contribution in [0.3, 0.4) is 0 Å². The van der Waals surface area contributed by atoms with Gasteiger partial charge in [0.05, 0.1) is 12.7 Å². The normalized spacial score (nSPS) is 11.3. The van der Waals surface area contributed by atoms with Crippen LogP contribution in [0.2, 0.25) is 0 Å². The number of aliphatic hydroxyl groups is 1. The molecule has 4 heteroatoms. The Balaban J connectivity index is 0. The van der Waals surface area contributed by atoms with Crippen LogP contribution in [0.15, 0.2) is 0 Å². The Hall–Kier alpha value is -0.610. The Morgan fingerprint density at radius 1 is 1.58 bits per heavy atom. The van der Waals surface area contributed by atoms with Crippen molar-refractivity contribution in [2.24, 2.45) is 0 Å². The van der Waals surface area contributed by atoms with Gasteiger partial charge in [0.2, 0.25) is 0 Å². The van der Waals surface area contributed by atoms with Crippen molar-refractivity contribution in [3.8, 4) is 0 Å². The second-order valence-corrected chi connectivity index (χ2v) is 2.45. The molecule has 2 N–H and O–H groups in total. The lowest BCUT2D eigenvalue weighted by Gasteiger charge is -1.97. The number of hydrogen-bond donors (Lipinski definition) is 2. The molecule has 0 aromatic heterocycles. The molecule has 0 aliphatic carbocycles. The molecule has 74 valence electrons. The maximum atomic E-state index is 9.60. The second-order valence-electron chi connectivity index (χ2n) is 2.45. The first-order valence-corrected chi connectivity index (χ1v) is 3.93. The highest BCUT2D eigenvalue weighted by Gasteiger charge is 1.88. The summed E-state index contributed by atoms with van der Waals surface area (Å²) in [4.78, 5) is 9.60. The number of ether oxygens (including phenoxy) is 1. The van der Waals surface area contributed by atoms with Gasteiger partial charge >= 0.3 is 5.97 Å². The summed E-state index contributed by atoms with van der Waals surface area (Å²) >= 11 is 0. The van der Waals surface area contributed by atoms with Crippen molar-refractivity contribution in [1.82, 2.24) is 0 Å². The lowest BCUT2D eigenvalue weighted by molar-refractivity contribution is -0.137. The minimum Gasteiger partial charge on any atom is -0.481 e. The van der Waals surface area contributed by atoms with Crippen LogP contribution in [-0.4, -0.2) is 36.0 Å². The van der Waals surface area contributed by atoms with E-state index in [0.29, 0.717) is 13.0 Å². The molecule has 0 aromatic carbocycles. The Bertz CT molecular complexity index is 101. The largest absolute Gasteiger partial charge is 0.481 e. The number of carbonyl (C=O) groups is 1. The van der Waals surface area contributed by atoms with E-state index in [1.54, 1.807) is 14.0 Å². The minimum absolute atomic E-state index is 0.292. The van der Waals surface area contributed by atoms with Gasteiger partial charge in [0.25, 0.3) is 0 Å². The number of hydrogen-bond acceptors (Lipinski definition) is 3. The number of aliphatic carboxylic acids is 1. The van der Waals surface area contributed by atoms with Crippen LogP contribution in [0.4, 0.5) is 0 Å². The summed E-state index contributed by atoms with van der Waals surface area (Å²) in [6, 6.07) is 0. The van der Waals surface area contributed by atoms with E-state index in [1.807, 2.05) is 6.92 Å². The van der Waals surface area contributed by atoms with Gasteiger partial charge in [-0.3, -0.25) is 4.79 Å². The average molecular weight is 178 g/mol. The quantitative estimate of drug-likeness (QED) is 0.670. The van der Waals surface area contributed by atoms with Gasteiger partial charge < -0.3 is 14.9 Å². The van der Waals surface area contributed by atoms with Gasteiger partial charge in [-0.1, -0.05) is 6.92 Å². The molecule has 0 radical (unpaired) electrons. The van der Waals surface area contributed by atoms with E-state index in [9.17, 15) is 4.79 Å². The third-order valence-corrected chi connectivity index (χ3v) is 0.872. The van der Waals surface area contributed by atoms with Crippen molar-refractivity contribution in [2.75, 3.05) is 13.7 Å². The van der Waals surface area contributed by atoms with Crippen LogP contribution < -0.4 is 0 Å². The van der Waals surface area contributed by atoms with Crippen molar-refractivity contribution in [3.05, 3.63) is 0 Å². The van der Waals surface area contributed by atoms with E-state index in [0.717, 1.165) is 6.42 Å². The van der Waals surface area contributed by atoms with Crippen LogP contribution in [0.5, 0.6) is 0 Å². The fourth-order valence-electron chi connectivity index (χ4n) is 0.455. The monoisotopic (exact) mass is 178 g/mol. The summed E-state index contributed by atoms with van der Waals surface area (Å²) in [6.07, 6.45) is 0.699. The minimum atomic E-state index is -0.711. The fourth-order valence-corrected chi connectivity index (χ4v) is 0.455. The highest BCUT2D eigenvalue weighted by Crippen LogP contribution is 1.82. The first-order valence-electron chi connectivity index (χ1n) is 3.93. The fraction of sp³-hybridized carbons (Fsp3) is 0.875. The van der Waals surface area contributed by atoms with Gasteiger partial charge in [-0.2, -0.15) is 0 Å². The van der Waals surface area contributed by atoms with E-state index in [4.69, 9.17) is 10.2 Å². The Morgan fingerprint density at radius 3 is 2.08 bits per heavy atom. The van der Waals surface area contributed by atoms with Gasteiger partial charge in [-0.15, -0.1) is 0 Å². The zero-order chi connectivity index (χ0) is 9.98. The Kier molecular flexibility index (Phi) is 12.1. The molecule has 0 saturated heterocycles. The summed E-state index contributed by atoms with van der Waals surface area (Å²) in [5.74, 6) is -0.711. The summed E-state index contributed by atoms with van der Waals surface area (Å²) in [7, 11) is 1.56. The molecule has 0 rings (SSSR count). The summed E-state index contributed by atoms with van der Waals surface area (Å²) < 4.78 is 4.55. The Morgan fingerprint density at radius 2 is 2.08 bits per heavy atom. The molecular weight excluding hydrogens is 160 g/mol. The molecule has 0 aliphatic rings. The lowest BCUT2D eigenvalue weighted by Crippen LogP contribution is -2.07. The topological polar surface area (TPSA) is 66.8 Å². The van der Waals surface area contributed by atoms with Crippen molar-refractivity contribution >= 4 is 5.97 Å². The summed E-state index contributed by atoms with van der Waals surface area (Å²) in [5.41, 5.74) is 0. The molecule has 12 heavy (non-hydrogen) atoms. The van der Waals surface area contributed by atoms with E-state index in [1.165, 1.54) is 0 Å². The van der Waals surface area contributed by atoms with Crippen LogP contribution in [0, 0.1) is 0 Å². The van der Waals surface area contributed by atoms with E-state index in [-0.39, 0.29) is 6.10 Å². The van der Waals surface area contributed by atoms with Crippen LogP contribution in [0.1, 0.15) is 26.7 Å². The predicted octanol–water partition coefficient (Wildman–Crippen LogP) is 0.885. The van der Waals surface area contributed by atoms with Crippen molar-refractivity contribution in [2.45, 2.75) is 32.8 Å². The maximum Gasteiger partial charge on any atom is 0.303 e. The zero-order valence-electron chi connectivity index (χ0n) is 7.91. The summed E-state index contributed by atoms with van der Waals surface area (Å²) in [6.45, 7) is 3.96. The lowest BCUT2D eigenvalue weighted by atomic mass is 10.4. The van der Waals surface area contributed by atoms with E-state index < -0.39 is 5.97 Å². The predicted molar refractivity (Wildman–Crippen MR) is 46.1 cm³/mol. The molecular formula is C8H18O4. The van der Waals surface area contributed by atoms with Gasteiger partial charge in [0.15, 0.2) is 0 Å². The van der Waals surface area contributed by atoms with Gasteiger partial charge in [-0.25, -0.2) is 0 Å². The van der Waals surface area contributed by atoms with E-state index >= 15 is 0 Å². The molecule has 0 spiro atoms. The number of aliphatic hydroxyl groups excluding tert-OH is 1. The second kappa shape index (κ2) is 10.4. The maximum absolute atomic E-state index is 9.60. The number of methoxy groups -OCH3 is 1. The summed E-state index contributed by atoms with van der Waals surface area (Å²) in [5, 5.41) is 16.3. The molecule has 0 aromatic rings. The standard InChI is InChI=1S/C4H10O2.C4H8O2/c1-4(5)3-6-2;1-2-3-4(5)6/h4-5H,3H2,1-2H3;2-3H2,1H3,(H,5,6). The molecule has 0 aliphatic heterocycles. The molecule has 0 amide bonds. The molecule has 0 fully saturated rings. The smallest absolute Gasteiger partial charge is 0.303 e. The first kappa shape index (κ1) is 13.9. The van der Waals surface area contributed by atoms with Crippen LogP contribution in [-0.2, 0) is 9.53 Å².